The zero-order valence-electron chi connectivity index (χ0n) is 18.3. The lowest BCUT2D eigenvalue weighted by molar-refractivity contribution is -0.132. The highest BCUT2D eigenvalue weighted by Crippen LogP contribution is 2.21. The Morgan fingerprint density at radius 3 is 2.30 bits per heavy atom. The van der Waals surface area contributed by atoms with E-state index in [0.717, 1.165) is 44.7 Å². The molecule has 1 aromatic carbocycles. The van der Waals surface area contributed by atoms with Crippen LogP contribution in [-0.2, 0) is 14.8 Å². The van der Waals surface area contributed by atoms with Gasteiger partial charge in [-0.05, 0) is 62.5 Å². The molecule has 2 heterocycles. The third-order valence-corrected chi connectivity index (χ3v) is 7.91. The number of nitrogens with one attached hydrogen (secondary N) is 1. The number of sulfonamides is 1. The third kappa shape index (κ3) is 6.03. The Labute approximate surface area is 181 Å². The molecule has 0 radical (unpaired) electrons. The highest BCUT2D eigenvalue weighted by molar-refractivity contribution is 7.89. The number of amides is 1. The minimum atomic E-state index is -3.72. The topological polar surface area (TPSA) is 73.0 Å². The summed E-state index contributed by atoms with van der Waals surface area (Å²) in [5, 5.41) is 3.23. The molecule has 2 aliphatic heterocycles. The molecule has 1 N–H and O–H groups in total. The maximum Gasteiger partial charge on any atom is 0.243 e. The normalized spacial score (nSPS) is 18.5. The molecule has 0 bridgehead atoms. The van der Waals surface area contributed by atoms with E-state index >= 15 is 0 Å². The summed E-state index contributed by atoms with van der Waals surface area (Å²) in [6.45, 7) is 10.3. The van der Waals surface area contributed by atoms with Gasteiger partial charge in [0, 0.05) is 32.7 Å². The standard InChI is InChI=1S/C22H36N4O3S/c1-19(2)20-6-8-21(9-7-20)30(28,29)26(15-5-14-24-12-3-4-13-24)18-22(27)25-16-10-23-11-17-25/h6-9,19,23H,3-5,10-18H2,1-2H3. The smallest absolute Gasteiger partial charge is 0.243 e. The summed E-state index contributed by atoms with van der Waals surface area (Å²) in [7, 11) is -3.72. The van der Waals surface area contributed by atoms with Crippen molar-refractivity contribution >= 4 is 15.9 Å². The Bertz CT molecular complexity index is 783. The SMILES string of the molecule is CC(C)c1ccc(S(=O)(=O)N(CCCN2CCCC2)CC(=O)N2CCNCC2)cc1. The van der Waals surface area contributed by atoms with Crippen LogP contribution in [0.4, 0.5) is 0 Å². The van der Waals surface area contributed by atoms with Gasteiger partial charge in [0.1, 0.15) is 0 Å². The molecular weight excluding hydrogens is 400 g/mol. The van der Waals surface area contributed by atoms with Crippen LogP contribution in [0.15, 0.2) is 29.2 Å². The van der Waals surface area contributed by atoms with Crippen molar-refractivity contribution in [1.82, 2.24) is 19.4 Å². The first kappa shape index (κ1) is 23.2. The number of likely N-dealkylation sites (tertiary alicyclic amines) is 1. The van der Waals surface area contributed by atoms with Crippen molar-refractivity contribution in [3.63, 3.8) is 0 Å². The number of hydrogen-bond acceptors (Lipinski definition) is 5. The van der Waals surface area contributed by atoms with Gasteiger partial charge < -0.3 is 15.1 Å². The summed E-state index contributed by atoms with van der Waals surface area (Å²) in [5.74, 6) is 0.229. The fourth-order valence-electron chi connectivity index (χ4n) is 4.10. The van der Waals surface area contributed by atoms with Crippen molar-refractivity contribution < 1.29 is 13.2 Å². The molecule has 2 saturated heterocycles. The molecule has 2 fully saturated rings. The second-order valence-corrected chi connectivity index (χ2v) is 10.5. The zero-order chi connectivity index (χ0) is 21.6. The average Bonchev–Trinajstić information content (AvgIpc) is 3.27. The number of carbonyl (C=O) groups is 1. The molecule has 8 heteroatoms. The fourth-order valence-corrected chi connectivity index (χ4v) is 5.53. The third-order valence-electron chi connectivity index (χ3n) is 6.05. The van der Waals surface area contributed by atoms with Gasteiger partial charge in [0.2, 0.25) is 15.9 Å². The molecule has 30 heavy (non-hydrogen) atoms. The largest absolute Gasteiger partial charge is 0.339 e. The van der Waals surface area contributed by atoms with E-state index in [-0.39, 0.29) is 17.3 Å². The van der Waals surface area contributed by atoms with E-state index < -0.39 is 10.0 Å². The van der Waals surface area contributed by atoms with Gasteiger partial charge in [-0.3, -0.25) is 4.79 Å². The van der Waals surface area contributed by atoms with E-state index in [9.17, 15) is 13.2 Å². The molecule has 1 amide bonds. The van der Waals surface area contributed by atoms with E-state index in [0.29, 0.717) is 25.6 Å². The van der Waals surface area contributed by atoms with Crippen molar-refractivity contribution in [1.29, 1.82) is 0 Å². The van der Waals surface area contributed by atoms with Crippen LogP contribution in [0.5, 0.6) is 0 Å². The quantitative estimate of drug-likeness (QED) is 0.638. The van der Waals surface area contributed by atoms with E-state index in [1.165, 1.54) is 17.1 Å². The van der Waals surface area contributed by atoms with Crippen molar-refractivity contribution in [2.24, 2.45) is 0 Å². The summed E-state index contributed by atoms with van der Waals surface area (Å²) in [6, 6.07) is 7.09. The summed E-state index contributed by atoms with van der Waals surface area (Å²) < 4.78 is 28.2. The molecule has 7 nitrogen and oxygen atoms in total. The molecule has 0 atom stereocenters. The highest BCUT2D eigenvalue weighted by Gasteiger charge is 2.29. The lowest BCUT2D eigenvalue weighted by atomic mass is 10.0. The van der Waals surface area contributed by atoms with Gasteiger partial charge in [0.05, 0.1) is 11.4 Å². The van der Waals surface area contributed by atoms with Gasteiger partial charge in [-0.15, -0.1) is 0 Å². The van der Waals surface area contributed by atoms with Gasteiger partial charge in [0.25, 0.3) is 0 Å². The predicted octanol–water partition coefficient (Wildman–Crippen LogP) is 1.72. The maximum absolute atomic E-state index is 13.4. The molecule has 0 aromatic heterocycles. The Kier molecular flexibility index (Phi) is 8.27. The van der Waals surface area contributed by atoms with Crippen molar-refractivity contribution in [3.05, 3.63) is 29.8 Å². The van der Waals surface area contributed by atoms with Crippen LogP contribution in [0.25, 0.3) is 0 Å². The van der Waals surface area contributed by atoms with Crippen LogP contribution in [0.1, 0.15) is 44.6 Å². The number of piperazine rings is 1. The summed E-state index contributed by atoms with van der Waals surface area (Å²) in [5.41, 5.74) is 1.10. The van der Waals surface area contributed by atoms with Gasteiger partial charge in [-0.2, -0.15) is 4.31 Å². The minimum Gasteiger partial charge on any atom is -0.339 e. The Morgan fingerprint density at radius 2 is 1.70 bits per heavy atom. The molecule has 3 rings (SSSR count). The minimum absolute atomic E-state index is 0.0890. The molecule has 0 saturated carbocycles. The molecule has 0 unspecified atom stereocenters. The lowest BCUT2D eigenvalue weighted by Crippen LogP contribution is -2.50. The van der Waals surface area contributed by atoms with Crippen LogP contribution >= 0.6 is 0 Å². The molecular formula is C22H36N4O3S. The monoisotopic (exact) mass is 436 g/mol. The molecule has 168 valence electrons. The number of hydrogen-bond donors (Lipinski definition) is 1. The number of nitrogens with zero attached hydrogens (tertiary/aromatic N) is 3. The predicted molar refractivity (Wildman–Crippen MR) is 119 cm³/mol. The zero-order valence-corrected chi connectivity index (χ0v) is 19.2. The van der Waals surface area contributed by atoms with Gasteiger partial charge in [-0.25, -0.2) is 8.42 Å². The van der Waals surface area contributed by atoms with Crippen molar-refractivity contribution in [2.75, 3.05) is 58.9 Å². The van der Waals surface area contributed by atoms with E-state index in [1.54, 1.807) is 17.0 Å². The first-order valence-corrected chi connectivity index (χ1v) is 12.6. The van der Waals surface area contributed by atoms with E-state index in [4.69, 9.17) is 0 Å². The second kappa shape index (κ2) is 10.7. The van der Waals surface area contributed by atoms with Crippen molar-refractivity contribution in [2.45, 2.75) is 43.9 Å². The van der Waals surface area contributed by atoms with Crippen LogP contribution < -0.4 is 5.32 Å². The summed E-state index contributed by atoms with van der Waals surface area (Å²) >= 11 is 0. The van der Waals surface area contributed by atoms with Crippen LogP contribution in [-0.4, -0.2) is 87.3 Å². The Balaban J connectivity index is 1.72. The molecule has 0 spiro atoms. The number of rotatable bonds is 9. The van der Waals surface area contributed by atoms with E-state index in [1.807, 2.05) is 12.1 Å². The average molecular weight is 437 g/mol. The summed E-state index contributed by atoms with van der Waals surface area (Å²) in [6.07, 6.45) is 3.16. The fraction of sp³-hybridized carbons (Fsp3) is 0.682. The second-order valence-electron chi connectivity index (χ2n) is 8.60. The highest BCUT2D eigenvalue weighted by atomic mass is 32.2. The molecule has 2 aliphatic rings. The first-order chi connectivity index (χ1) is 14.4. The van der Waals surface area contributed by atoms with Crippen molar-refractivity contribution in [3.8, 4) is 0 Å². The van der Waals surface area contributed by atoms with Gasteiger partial charge in [0.15, 0.2) is 0 Å². The molecule has 0 aliphatic carbocycles. The Morgan fingerprint density at radius 1 is 1.07 bits per heavy atom. The van der Waals surface area contributed by atoms with Crippen LogP contribution in [0.3, 0.4) is 0 Å². The van der Waals surface area contributed by atoms with Gasteiger partial charge in [-0.1, -0.05) is 26.0 Å². The van der Waals surface area contributed by atoms with Crippen LogP contribution in [0, 0.1) is 0 Å². The number of benzene rings is 1. The van der Waals surface area contributed by atoms with Gasteiger partial charge >= 0.3 is 0 Å². The number of carbonyl (C=O) groups excluding carboxylic acids is 1. The summed E-state index contributed by atoms with van der Waals surface area (Å²) in [4.78, 5) is 17.2. The first-order valence-electron chi connectivity index (χ1n) is 11.2. The Hall–Kier alpha value is -1.48. The maximum atomic E-state index is 13.4. The molecule has 1 aromatic rings. The van der Waals surface area contributed by atoms with E-state index in [2.05, 4.69) is 24.1 Å². The lowest BCUT2D eigenvalue weighted by Gasteiger charge is -2.30. The van der Waals surface area contributed by atoms with Crippen LogP contribution in [0.2, 0.25) is 0 Å².